The van der Waals surface area contributed by atoms with Crippen molar-refractivity contribution < 1.29 is 9.18 Å². The van der Waals surface area contributed by atoms with E-state index in [4.69, 9.17) is 5.73 Å². The molecule has 5 nitrogen and oxygen atoms in total. The molecule has 4 rings (SSSR count). The van der Waals surface area contributed by atoms with E-state index in [0.29, 0.717) is 52.2 Å². The van der Waals surface area contributed by atoms with Gasteiger partial charge in [0.25, 0.3) is 0 Å². The Balaban J connectivity index is 2.06. The van der Waals surface area contributed by atoms with Crippen molar-refractivity contribution in [3.05, 3.63) is 47.0 Å². The molecule has 0 radical (unpaired) electrons. The summed E-state index contributed by atoms with van der Waals surface area (Å²) in [6.07, 6.45) is 1.99. The number of anilines is 1. The minimum atomic E-state index is -0.343. The van der Waals surface area contributed by atoms with Crippen LogP contribution >= 0.6 is 0 Å². The van der Waals surface area contributed by atoms with E-state index >= 15 is 0 Å². The molecule has 0 saturated carbocycles. The molecule has 0 amide bonds. The lowest BCUT2D eigenvalue weighted by molar-refractivity contribution is 0.0972. The molecule has 1 aliphatic carbocycles. The van der Waals surface area contributed by atoms with E-state index < -0.39 is 0 Å². The standard InChI is InChI=1S/C17H15FN4O/c1-9-14-16(19)15-12(6-3-7-13(15)23)20-17(14)22(21-9)11-5-2-4-10(18)8-11/h2,4-5,8H,3,6-7H2,1H3,(H2,19,20). The maximum Gasteiger partial charge on any atom is 0.166 e. The van der Waals surface area contributed by atoms with Gasteiger partial charge in [-0.2, -0.15) is 5.10 Å². The van der Waals surface area contributed by atoms with Crippen LogP contribution in [0.25, 0.3) is 16.7 Å². The average molecular weight is 310 g/mol. The van der Waals surface area contributed by atoms with Gasteiger partial charge in [0.05, 0.1) is 33.7 Å². The topological polar surface area (TPSA) is 73.8 Å². The largest absolute Gasteiger partial charge is 0.397 e. The molecule has 0 unspecified atom stereocenters. The number of aromatic nitrogens is 3. The predicted molar refractivity (Wildman–Crippen MR) is 85.2 cm³/mol. The van der Waals surface area contributed by atoms with Crippen molar-refractivity contribution in [3.8, 4) is 5.69 Å². The molecule has 0 saturated heterocycles. The van der Waals surface area contributed by atoms with Crippen LogP contribution in [0.2, 0.25) is 0 Å². The summed E-state index contributed by atoms with van der Waals surface area (Å²) in [7, 11) is 0. The molecule has 0 atom stereocenters. The lowest BCUT2D eigenvalue weighted by Crippen LogP contribution is -2.16. The number of fused-ring (bicyclic) bond motifs is 2. The Morgan fingerprint density at radius 2 is 2.13 bits per heavy atom. The first kappa shape index (κ1) is 13.9. The van der Waals surface area contributed by atoms with E-state index in [1.165, 1.54) is 12.1 Å². The van der Waals surface area contributed by atoms with Gasteiger partial charge in [-0.05, 0) is 38.0 Å². The second kappa shape index (κ2) is 4.87. The third-order valence-corrected chi connectivity index (χ3v) is 4.25. The van der Waals surface area contributed by atoms with Gasteiger partial charge in [0.15, 0.2) is 11.4 Å². The quantitative estimate of drug-likeness (QED) is 0.750. The van der Waals surface area contributed by atoms with Crippen molar-refractivity contribution >= 4 is 22.5 Å². The molecule has 0 spiro atoms. The van der Waals surface area contributed by atoms with E-state index in [1.54, 1.807) is 16.8 Å². The van der Waals surface area contributed by atoms with Gasteiger partial charge in [0.1, 0.15) is 5.82 Å². The molecule has 6 heteroatoms. The molecule has 0 bridgehead atoms. The molecular weight excluding hydrogens is 295 g/mol. The van der Waals surface area contributed by atoms with Crippen molar-refractivity contribution in [3.63, 3.8) is 0 Å². The summed E-state index contributed by atoms with van der Waals surface area (Å²) in [6.45, 7) is 1.82. The van der Waals surface area contributed by atoms with Crippen LogP contribution in [0.3, 0.4) is 0 Å². The number of hydrogen-bond acceptors (Lipinski definition) is 4. The van der Waals surface area contributed by atoms with Crippen LogP contribution < -0.4 is 5.73 Å². The molecule has 1 aliphatic rings. The molecule has 1 aromatic carbocycles. The molecule has 0 fully saturated rings. The SMILES string of the molecule is Cc1nn(-c2cccc(F)c2)c2nc3c(c(N)c12)C(=O)CCC3. The number of ketones is 1. The fourth-order valence-electron chi connectivity index (χ4n) is 3.22. The normalized spacial score (nSPS) is 14.3. The van der Waals surface area contributed by atoms with E-state index in [2.05, 4.69) is 10.1 Å². The number of rotatable bonds is 1. The van der Waals surface area contributed by atoms with Crippen molar-refractivity contribution in [1.82, 2.24) is 14.8 Å². The highest BCUT2D eigenvalue weighted by Gasteiger charge is 2.26. The zero-order chi connectivity index (χ0) is 16.1. The number of benzene rings is 1. The first-order valence-electron chi connectivity index (χ1n) is 7.53. The van der Waals surface area contributed by atoms with E-state index in [9.17, 15) is 9.18 Å². The Morgan fingerprint density at radius 1 is 1.30 bits per heavy atom. The summed E-state index contributed by atoms with van der Waals surface area (Å²) in [6, 6.07) is 6.16. The number of nitrogens with zero attached hydrogens (tertiary/aromatic N) is 3. The van der Waals surface area contributed by atoms with Crippen molar-refractivity contribution in [2.24, 2.45) is 0 Å². The van der Waals surface area contributed by atoms with Crippen LogP contribution in [0.4, 0.5) is 10.1 Å². The van der Waals surface area contributed by atoms with Gasteiger partial charge in [0, 0.05) is 6.42 Å². The number of nitrogen functional groups attached to an aromatic ring is 1. The first-order chi connectivity index (χ1) is 11.1. The van der Waals surface area contributed by atoms with Crippen LogP contribution in [-0.2, 0) is 6.42 Å². The number of pyridine rings is 1. The van der Waals surface area contributed by atoms with E-state index in [-0.39, 0.29) is 11.6 Å². The highest BCUT2D eigenvalue weighted by molar-refractivity contribution is 6.09. The summed E-state index contributed by atoms with van der Waals surface area (Å²) >= 11 is 0. The van der Waals surface area contributed by atoms with Gasteiger partial charge in [-0.25, -0.2) is 14.1 Å². The number of hydrogen-bond donors (Lipinski definition) is 1. The van der Waals surface area contributed by atoms with Crippen molar-refractivity contribution in [1.29, 1.82) is 0 Å². The first-order valence-corrected chi connectivity index (χ1v) is 7.53. The molecule has 2 heterocycles. The number of halogens is 1. The fraction of sp³-hybridized carbons (Fsp3) is 0.235. The lowest BCUT2D eigenvalue weighted by Gasteiger charge is -2.16. The smallest absolute Gasteiger partial charge is 0.166 e. The Morgan fingerprint density at radius 3 is 2.91 bits per heavy atom. The van der Waals surface area contributed by atoms with Gasteiger partial charge in [-0.3, -0.25) is 4.79 Å². The van der Waals surface area contributed by atoms with Crippen molar-refractivity contribution in [2.45, 2.75) is 26.2 Å². The monoisotopic (exact) mass is 310 g/mol. The molecule has 116 valence electrons. The predicted octanol–water partition coefficient (Wildman–Crippen LogP) is 2.97. The molecule has 23 heavy (non-hydrogen) atoms. The van der Waals surface area contributed by atoms with Crippen LogP contribution in [-0.4, -0.2) is 20.5 Å². The Bertz CT molecular complexity index is 961. The summed E-state index contributed by atoms with van der Waals surface area (Å²) < 4.78 is 15.1. The second-order valence-electron chi connectivity index (χ2n) is 5.80. The van der Waals surface area contributed by atoms with Crippen LogP contribution in [0.15, 0.2) is 24.3 Å². The Kier molecular flexibility index (Phi) is 2.94. The Labute approximate surface area is 131 Å². The second-order valence-corrected chi connectivity index (χ2v) is 5.80. The molecule has 3 aromatic rings. The van der Waals surface area contributed by atoms with Gasteiger partial charge in [0.2, 0.25) is 0 Å². The summed E-state index contributed by atoms with van der Waals surface area (Å²) in [5, 5.41) is 5.12. The van der Waals surface area contributed by atoms with Gasteiger partial charge < -0.3 is 5.73 Å². The average Bonchev–Trinajstić information content (AvgIpc) is 2.84. The number of carbonyl (C=O) groups is 1. The maximum absolute atomic E-state index is 13.5. The van der Waals surface area contributed by atoms with Gasteiger partial charge in [-0.1, -0.05) is 6.07 Å². The maximum atomic E-state index is 13.5. The highest BCUT2D eigenvalue weighted by atomic mass is 19.1. The van der Waals surface area contributed by atoms with Gasteiger partial charge >= 0.3 is 0 Å². The Hall–Kier alpha value is -2.76. The molecule has 0 aliphatic heterocycles. The number of aryl methyl sites for hydroxylation is 2. The summed E-state index contributed by atoms with van der Waals surface area (Å²) in [4.78, 5) is 16.8. The number of Topliss-reactive ketones (excluding diaryl/α,β-unsaturated/α-hetero) is 1. The third kappa shape index (κ3) is 2.02. The number of nitrogens with two attached hydrogens (primary N) is 1. The minimum absolute atomic E-state index is 0.0380. The van der Waals surface area contributed by atoms with Crippen LogP contribution in [0, 0.1) is 12.7 Å². The third-order valence-electron chi connectivity index (χ3n) is 4.25. The van der Waals surface area contributed by atoms with Crippen LogP contribution in [0.5, 0.6) is 0 Å². The fourth-order valence-corrected chi connectivity index (χ4v) is 3.22. The van der Waals surface area contributed by atoms with E-state index in [1.807, 2.05) is 6.92 Å². The highest BCUT2D eigenvalue weighted by Crippen LogP contribution is 2.33. The zero-order valence-electron chi connectivity index (χ0n) is 12.6. The van der Waals surface area contributed by atoms with Crippen molar-refractivity contribution in [2.75, 3.05) is 5.73 Å². The zero-order valence-corrected chi connectivity index (χ0v) is 12.6. The lowest BCUT2D eigenvalue weighted by atomic mass is 9.92. The molecular formula is C17H15FN4O. The minimum Gasteiger partial charge on any atom is -0.397 e. The summed E-state index contributed by atoms with van der Waals surface area (Å²) in [5.74, 6) is -0.305. The van der Waals surface area contributed by atoms with E-state index in [0.717, 1.165) is 6.42 Å². The molecule has 2 aromatic heterocycles. The molecule has 2 N–H and O–H groups in total. The van der Waals surface area contributed by atoms with Crippen LogP contribution in [0.1, 0.15) is 34.6 Å². The van der Waals surface area contributed by atoms with Gasteiger partial charge in [-0.15, -0.1) is 0 Å². The number of carbonyl (C=O) groups excluding carboxylic acids is 1. The summed E-state index contributed by atoms with van der Waals surface area (Å²) in [5.41, 5.74) is 9.77.